The monoisotopic (exact) mass is 1050 g/mol. The molecule has 0 aromatic rings. The molecular weight excluding hydrogens is 945 g/mol. The van der Waals surface area contributed by atoms with Gasteiger partial charge in [-0.2, -0.15) is 0 Å². The van der Waals surface area contributed by atoms with Crippen LogP contribution in [-0.4, -0.2) is 59.5 Å². The van der Waals surface area contributed by atoms with Crippen LogP contribution in [0.4, 0.5) is 0 Å². The van der Waals surface area contributed by atoms with Crippen LogP contribution in [0.2, 0.25) is 0 Å². The van der Waals surface area contributed by atoms with E-state index in [9.17, 15) is 24.6 Å². The SMILES string of the molecule is CCCC/C=C\CCCCCCCCC[C@@]12C(=O)C(OC)=CC(=O)[C@@H]1CC([C@@H]1CC[C@]3([C@H](CCCOC(=O)CCCCCCCCCCCCCCC)/C(=C(/C)C=O)CC[C@]3(C)O)[C@@H]1O)=C[C@H]2/C=C(\C)CCC=C(C)C. The molecule has 0 saturated heterocycles. The highest BCUT2D eigenvalue weighted by Crippen LogP contribution is 2.65. The van der Waals surface area contributed by atoms with Gasteiger partial charge in [-0.25, -0.2) is 0 Å². The number of aliphatic hydroxyl groups is 2. The van der Waals surface area contributed by atoms with E-state index >= 15 is 4.79 Å². The lowest BCUT2D eigenvalue weighted by molar-refractivity contribution is -0.168. The Labute approximate surface area is 463 Å². The second kappa shape index (κ2) is 34.6. The summed E-state index contributed by atoms with van der Waals surface area (Å²) in [6.07, 6.45) is 47.8. The zero-order valence-electron chi connectivity index (χ0n) is 49.7. The van der Waals surface area contributed by atoms with Crippen LogP contribution >= 0.6 is 0 Å². The second-order valence-electron chi connectivity index (χ2n) is 24.6. The van der Waals surface area contributed by atoms with Gasteiger partial charge >= 0.3 is 5.97 Å². The van der Waals surface area contributed by atoms with Crippen molar-refractivity contribution in [1.29, 1.82) is 0 Å². The van der Waals surface area contributed by atoms with Gasteiger partial charge in [-0.3, -0.25) is 19.2 Å². The number of Topliss-reactive ketones (excluding diaryl/α,β-unsaturated/α-hetero) is 1. The molecule has 8 heteroatoms. The van der Waals surface area contributed by atoms with Crippen LogP contribution in [0.3, 0.4) is 0 Å². The van der Waals surface area contributed by atoms with Crippen molar-refractivity contribution in [3.8, 4) is 0 Å². The van der Waals surface area contributed by atoms with E-state index in [1.54, 1.807) is 0 Å². The van der Waals surface area contributed by atoms with Crippen molar-refractivity contribution in [2.45, 2.75) is 285 Å². The molecule has 2 fully saturated rings. The maximum Gasteiger partial charge on any atom is 0.305 e. The summed E-state index contributed by atoms with van der Waals surface area (Å²) in [6.45, 7) is 14.8. The molecule has 0 amide bonds. The number of unbranched alkanes of at least 4 members (excludes halogenated alkanes) is 21. The number of aliphatic hydroxyl groups excluding tert-OH is 1. The van der Waals surface area contributed by atoms with Gasteiger partial charge in [0.25, 0.3) is 0 Å². The minimum Gasteiger partial charge on any atom is -0.493 e. The number of ketones is 2. The molecule has 0 aromatic heterocycles. The number of carbonyl (C=O) groups excluding carboxylic acids is 4. The first-order chi connectivity index (χ1) is 36.6. The van der Waals surface area contributed by atoms with E-state index in [0.717, 1.165) is 87.2 Å². The highest BCUT2D eigenvalue weighted by atomic mass is 16.5. The summed E-state index contributed by atoms with van der Waals surface area (Å²) >= 11 is 0. The predicted octanol–water partition coefficient (Wildman–Crippen LogP) is 17.4. The van der Waals surface area contributed by atoms with Crippen molar-refractivity contribution < 1.29 is 38.9 Å². The number of aldehydes is 1. The molecule has 2 saturated carbocycles. The van der Waals surface area contributed by atoms with E-state index < -0.39 is 28.5 Å². The van der Waals surface area contributed by atoms with Crippen molar-refractivity contribution in [3.63, 3.8) is 0 Å². The number of fused-ring (bicyclic) bond motifs is 1. The van der Waals surface area contributed by atoms with Crippen LogP contribution in [0.25, 0.3) is 0 Å². The first-order valence-electron chi connectivity index (χ1n) is 31.4. The fraction of sp³-hybridized carbons (Fsp3) is 0.765. The average molecular weight is 1060 g/mol. The fourth-order valence-electron chi connectivity index (χ4n) is 14.2. The number of rotatable bonds is 38. The minimum absolute atomic E-state index is 0.0911. The van der Waals surface area contributed by atoms with Crippen LogP contribution in [0, 0.1) is 34.5 Å². The van der Waals surface area contributed by atoms with Crippen LogP contribution in [-0.2, 0) is 28.7 Å². The molecule has 0 unspecified atom stereocenters. The molecule has 4 rings (SSSR count). The summed E-state index contributed by atoms with van der Waals surface area (Å²) in [5, 5.41) is 25.7. The first-order valence-corrected chi connectivity index (χ1v) is 31.4. The van der Waals surface area contributed by atoms with Crippen molar-refractivity contribution in [3.05, 3.63) is 70.1 Å². The van der Waals surface area contributed by atoms with Crippen molar-refractivity contribution in [2.75, 3.05) is 13.7 Å². The Morgan fingerprint density at radius 3 is 1.95 bits per heavy atom. The Bertz CT molecular complexity index is 1980. The Hall–Kier alpha value is -3.36. The normalized spacial score (nSPS) is 27.4. The lowest BCUT2D eigenvalue weighted by Crippen LogP contribution is -2.59. The molecular formula is C68H110O8. The van der Waals surface area contributed by atoms with Gasteiger partial charge in [-0.15, -0.1) is 0 Å². The van der Waals surface area contributed by atoms with E-state index in [1.165, 1.54) is 121 Å². The average Bonchev–Trinajstić information content (AvgIpc) is 3.78. The highest BCUT2D eigenvalue weighted by molar-refractivity contribution is 6.12. The molecule has 1 spiro atoms. The number of ether oxygens (including phenoxy) is 2. The lowest BCUT2D eigenvalue weighted by Gasteiger charge is -2.56. The zero-order chi connectivity index (χ0) is 55.4. The largest absolute Gasteiger partial charge is 0.493 e. The number of carbonyl (C=O) groups is 4. The number of esters is 1. The van der Waals surface area contributed by atoms with Crippen LogP contribution in [0.1, 0.15) is 273 Å². The van der Waals surface area contributed by atoms with Gasteiger partial charge in [0, 0.05) is 35.7 Å². The first kappa shape index (κ1) is 65.2. The van der Waals surface area contributed by atoms with Crippen molar-refractivity contribution >= 4 is 23.8 Å². The molecule has 0 aromatic carbocycles. The molecule has 8 atom stereocenters. The van der Waals surface area contributed by atoms with Crippen molar-refractivity contribution in [2.24, 2.45) is 34.5 Å². The molecule has 8 nitrogen and oxygen atoms in total. The van der Waals surface area contributed by atoms with Gasteiger partial charge in [-0.05, 0) is 136 Å². The number of methoxy groups -OCH3 is 1. The predicted molar refractivity (Wildman–Crippen MR) is 314 cm³/mol. The highest BCUT2D eigenvalue weighted by Gasteiger charge is 2.65. The Morgan fingerprint density at radius 2 is 1.34 bits per heavy atom. The molecule has 0 bridgehead atoms. The maximum atomic E-state index is 15.0. The standard InChI is InChI=1S/C68H110O8/c1-9-11-13-15-17-19-21-23-25-27-29-31-33-40-63(71)76-46-36-39-59-57(54(6)51-69)41-44-66(7,74)68(59)45-42-58(64(68)72)55-48-56(47-53(5)38-35-37-52(3)4)67(60(49-55)61(70)50-62(75-8)65(67)73)43-34-32-30-28-26-24-22-20-18-16-14-12-10-2/h16,18,37,47-48,50-51,56,58-60,64,72,74H,9-15,17,19-36,38-46,49H2,1-8H3/b18-16-,53-47+,57-54-/t56-,58+,59-,60+,64-,66+,67+,68+/m1/s1. The van der Waals surface area contributed by atoms with Crippen molar-refractivity contribution in [1.82, 2.24) is 0 Å². The summed E-state index contributed by atoms with van der Waals surface area (Å²) in [5.74, 6) is -1.89. The second-order valence-corrected chi connectivity index (χ2v) is 24.6. The number of hydrogen-bond acceptors (Lipinski definition) is 8. The zero-order valence-corrected chi connectivity index (χ0v) is 49.7. The molecule has 0 radical (unpaired) electrons. The third kappa shape index (κ3) is 18.6. The number of hydrogen-bond donors (Lipinski definition) is 2. The molecule has 4 aliphatic rings. The lowest BCUT2D eigenvalue weighted by atomic mass is 9.51. The minimum atomic E-state index is -1.25. The van der Waals surface area contributed by atoms with Gasteiger partial charge in [-0.1, -0.05) is 195 Å². The van der Waals surface area contributed by atoms with E-state index in [2.05, 4.69) is 65.0 Å². The third-order valence-corrected chi connectivity index (χ3v) is 18.7. The third-order valence-electron chi connectivity index (χ3n) is 18.7. The van der Waals surface area contributed by atoms with E-state index in [1.807, 2.05) is 13.8 Å². The molecule has 0 aliphatic heterocycles. The Morgan fingerprint density at radius 1 is 0.750 bits per heavy atom. The van der Waals surface area contributed by atoms with Gasteiger partial charge < -0.3 is 19.7 Å². The Kier molecular flexibility index (Phi) is 29.7. The summed E-state index contributed by atoms with van der Waals surface area (Å²) in [6, 6.07) is 0. The van der Waals surface area contributed by atoms with Gasteiger partial charge in [0.05, 0.1) is 30.8 Å². The van der Waals surface area contributed by atoms with Gasteiger partial charge in [0.1, 0.15) is 6.29 Å². The van der Waals surface area contributed by atoms with Crippen LogP contribution in [0.5, 0.6) is 0 Å². The van der Waals surface area contributed by atoms with Gasteiger partial charge in [0.15, 0.2) is 11.5 Å². The molecule has 2 N–H and O–H groups in total. The Balaban J connectivity index is 1.51. The topological polar surface area (TPSA) is 127 Å². The summed E-state index contributed by atoms with van der Waals surface area (Å²) in [7, 11) is 1.49. The quantitative estimate of drug-likeness (QED) is 0.0206. The molecule has 4 aliphatic carbocycles. The fourth-order valence-corrected chi connectivity index (χ4v) is 14.2. The number of allylic oxidation sites excluding steroid dienone is 11. The van der Waals surface area contributed by atoms with E-state index in [-0.39, 0.29) is 47.7 Å². The smallest absolute Gasteiger partial charge is 0.305 e. The van der Waals surface area contributed by atoms with E-state index in [0.29, 0.717) is 63.4 Å². The molecule has 430 valence electrons. The van der Waals surface area contributed by atoms with E-state index in [4.69, 9.17) is 9.47 Å². The summed E-state index contributed by atoms with van der Waals surface area (Å²) in [4.78, 5) is 55.2. The van der Waals surface area contributed by atoms with Crippen LogP contribution < -0.4 is 0 Å². The summed E-state index contributed by atoms with van der Waals surface area (Å²) < 4.78 is 11.5. The summed E-state index contributed by atoms with van der Waals surface area (Å²) in [5.41, 5.74) is 1.79. The van der Waals surface area contributed by atoms with Gasteiger partial charge in [0.2, 0.25) is 5.78 Å². The molecule has 76 heavy (non-hydrogen) atoms. The molecule has 0 heterocycles. The van der Waals surface area contributed by atoms with Crippen LogP contribution in [0.15, 0.2) is 70.1 Å². The maximum absolute atomic E-state index is 15.0.